The summed E-state index contributed by atoms with van der Waals surface area (Å²) in [6.45, 7) is 0.394. The zero-order chi connectivity index (χ0) is 14.5. The third-order valence-electron chi connectivity index (χ3n) is 3.69. The number of ether oxygens (including phenoxy) is 1. The SMILES string of the molecule is COc1cc(CNC(=O)C2CCCC2)ccc1C(=O)O. The van der Waals surface area contributed by atoms with Gasteiger partial charge in [0.2, 0.25) is 5.91 Å². The molecule has 108 valence electrons. The lowest BCUT2D eigenvalue weighted by molar-refractivity contribution is -0.124. The van der Waals surface area contributed by atoms with Crippen molar-refractivity contribution in [2.45, 2.75) is 32.2 Å². The number of carbonyl (C=O) groups excluding carboxylic acids is 1. The van der Waals surface area contributed by atoms with Crippen molar-refractivity contribution in [2.24, 2.45) is 5.92 Å². The van der Waals surface area contributed by atoms with Crippen LogP contribution in [0.4, 0.5) is 0 Å². The average molecular weight is 277 g/mol. The third kappa shape index (κ3) is 3.29. The number of carboxylic acids is 1. The Morgan fingerprint density at radius 2 is 2.05 bits per heavy atom. The molecule has 20 heavy (non-hydrogen) atoms. The second-order valence-electron chi connectivity index (χ2n) is 5.04. The molecule has 0 aromatic heterocycles. The molecule has 0 atom stereocenters. The van der Waals surface area contributed by atoms with Gasteiger partial charge in [0.1, 0.15) is 11.3 Å². The summed E-state index contributed by atoms with van der Waals surface area (Å²) in [5, 5.41) is 11.9. The highest BCUT2D eigenvalue weighted by molar-refractivity contribution is 5.91. The zero-order valence-electron chi connectivity index (χ0n) is 11.5. The van der Waals surface area contributed by atoms with Crippen LogP contribution in [0.2, 0.25) is 0 Å². The lowest BCUT2D eigenvalue weighted by atomic mass is 10.1. The molecule has 0 unspecified atom stereocenters. The minimum absolute atomic E-state index is 0.0868. The number of hydrogen-bond donors (Lipinski definition) is 2. The first-order valence-electron chi connectivity index (χ1n) is 6.79. The zero-order valence-corrected chi connectivity index (χ0v) is 11.5. The van der Waals surface area contributed by atoms with Crippen LogP contribution in [0.5, 0.6) is 5.75 Å². The maximum Gasteiger partial charge on any atom is 0.339 e. The van der Waals surface area contributed by atoms with E-state index in [2.05, 4.69) is 5.32 Å². The van der Waals surface area contributed by atoms with Crippen LogP contribution in [0.25, 0.3) is 0 Å². The highest BCUT2D eigenvalue weighted by Gasteiger charge is 2.22. The van der Waals surface area contributed by atoms with E-state index in [1.165, 1.54) is 13.2 Å². The third-order valence-corrected chi connectivity index (χ3v) is 3.69. The van der Waals surface area contributed by atoms with Crippen LogP contribution in [-0.4, -0.2) is 24.1 Å². The van der Waals surface area contributed by atoms with Crippen LogP contribution in [0.3, 0.4) is 0 Å². The molecule has 5 nitrogen and oxygen atoms in total. The van der Waals surface area contributed by atoms with Crippen LogP contribution in [-0.2, 0) is 11.3 Å². The molecule has 0 spiro atoms. The first-order chi connectivity index (χ1) is 9.61. The number of methoxy groups -OCH3 is 1. The quantitative estimate of drug-likeness (QED) is 0.865. The molecule has 2 rings (SSSR count). The molecule has 1 aliphatic rings. The van der Waals surface area contributed by atoms with Crippen molar-refractivity contribution in [3.05, 3.63) is 29.3 Å². The van der Waals surface area contributed by atoms with Gasteiger partial charge >= 0.3 is 5.97 Å². The first kappa shape index (κ1) is 14.4. The summed E-state index contributed by atoms with van der Waals surface area (Å²) in [6.07, 6.45) is 4.18. The van der Waals surface area contributed by atoms with Gasteiger partial charge in [0.15, 0.2) is 0 Å². The van der Waals surface area contributed by atoms with Crippen molar-refractivity contribution in [3.8, 4) is 5.75 Å². The van der Waals surface area contributed by atoms with Gasteiger partial charge in [-0.1, -0.05) is 18.9 Å². The van der Waals surface area contributed by atoms with Gasteiger partial charge in [-0.3, -0.25) is 4.79 Å². The second-order valence-corrected chi connectivity index (χ2v) is 5.04. The van der Waals surface area contributed by atoms with E-state index in [0.717, 1.165) is 31.2 Å². The van der Waals surface area contributed by atoms with Gasteiger partial charge in [-0.25, -0.2) is 4.79 Å². The predicted octanol–water partition coefficient (Wildman–Crippen LogP) is 2.20. The van der Waals surface area contributed by atoms with E-state index in [1.54, 1.807) is 12.1 Å². The molecule has 0 radical (unpaired) electrons. The summed E-state index contributed by atoms with van der Waals surface area (Å²) in [5.74, 6) is -0.493. The molecular weight excluding hydrogens is 258 g/mol. The van der Waals surface area contributed by atoms with E-state index in [-0.39, 0.29) is 17.4 Å². The molecule has 0 heterocycles. The largest absolute Gasteiger partial charge is 0.496 e. The van der Waals surface area contributed by atoms with Crippen molar-refractivity contribution in [1.82, 2.24) is 5.32 Å². The molecule has 0 saturated heterocycles. The van der Waals surface area contributed by atoms with Gasteiger partial charge in [-0.15, -0.1) is 0 Å². The van der Waals surface area contributed by atoms with E-state index < -0.39 is 5.97 Å². The fraction of sp³-hybridized carbons (Fsp3) is 0.467. The van der Waals surface area contributed by atoms with Crippen molar-refractivity contribution < 1.29 is 19.4 Å². The number of nitrogens with one attached hydrogen (secondary N) is 1. The van der Waals surface area contributed by atoms with Gasteiger partial charge in [0, 0.05) is 12.5 Å². The molecule has 0 aliphatic heterocycles. The van der Waals surface area contributed by atoms with Crippen LogP contribution in [0.15, 0.2) is 18.2 Å². The Labute approximate surface area is 117 Å². The molecule has 1 aromatic rings. The summed E-state index contributed by atoms with van der Waals surface area (Å²) in [5.41, 5.74) is 0.955. The molecule has 0 bridgehead atoms. The molecule has 2 N–H and O–H groups in total. The molecule has 1 saturated carbocycles. The standard InChI is InChI=1S/C15H19NO4/c1-20-13-8-10(6-7-12(13)15(18)19)9-16-14(17)11-4-2-3-5-11/h6-8,11H,2-5,9H2,1H3,(H,16,17)(H,18,19). The molecule has 1 amide bonds. The van der Waals surface area contributed by atoms with E-state index in [1.807, 2.05) is 0 Å². The fourth-order valence-corrected chi connectivity index (χ4v) is 2.54. The fourth-order valence-electron chi connectivity index (χ4n) is 2.54. The molecule has 1 fully saturated rings. The Morgan fingerprint density at radius 1 is 1.35 bits per heavy atom. The van der Waals surface area contributed by atoms with Gasteiger partial charge in [-0.2, -0.15) is 0 Å². The Morgan fingerprint density at radius 3 is 2.65 bits per heavy atom. The van der Waals surface area contributed by atoms with Crippen LogP contribution in [0.1, 0.15) is 41.6 Å². The Hall–Kier alpha value is -2.04. The summed E-state index contributed by atoms with van der Waals surface area (Å²) < 4.78 is 5.06. The predicted molar refractivity (Wildman–Crippen MR) is 73.8 cm³/mol. The lowest BCUT2D eigenvalue weighted by Crippen LogP contribution is -2.28. The van der Waals surface area contributed by atoms with Crippen LogP contribution >= 0.6 is 0 Å². The van der Waals surface area contributed by atoms with Crippen LogP contribution < -0.4 is 10.1 Å². The highest BCUT2D eigenvalue weighted by Crippen LogP contribution is 2.25. The Bertz CT molecular complexity index is 507. The number of aromatic carboxylic acids is 1. The number of rotatable bonds is 5. The lowest BCUT2D eigenvalue weighted by Gasteiger charge is -2.12. The minimum atomic E-state index is -1.02. The smallest absolute Gasteiger partial charge is 0.339 e. The number of benzene rings is 1. The number of carboxylic acid groups (broad SMARTS) is 1. The van der Waals surface area contributed by atoms with E-state index >= 15 is 0 Å². The molecule has 1 aliphatic carbocycles. The molecule has 5 heteroatoms. The molecule has 1 aromatic carbocycles. The summed E-state index contributed by atoms with van der Waals surface area (Å²) in [4.78, 5) is 22.9. The Kier molecular flexibility index (Phi) is 4.61. The Balaban J connectivity index is 1.99. The monoisotopic (exact) mass is 277 g/mol. The minimum Gasteiger partial charge on any atom is -0.496 e. The average Bonchev–Trinajstić information content (AvgIpc) is 2.98. The van der Waals surface area contributed by atoms with Crippen molar-refractivity contribution in [1.29, 1.82) is 0 Å². The highest BCUT2D eigenvalue weighted by atomic mass is 16.5. The maximum atomic E-state index is 11.9. The van der Waals surface area contributed by atoms with Gasteiger partial charge in [0.05, 0.1) is 7.11 Å². The second kappa shape index (κ2) is 6.41. The summed E-state index contributed by atoms with van der Waals surface area (Å²) >= 11 is 0. The number of carbonyl (C=O) groups is 2. The normalized spacial score (nSPS) is 15.1. The van der Waals surface area contributed by atoms with Crippen molar-refractivity contribution in [2.75, 3.05) is 7.11 Å². The van der Waals surface area contributed by atoms with E-state index in [4.69, 9.17) is 9.84 Å². The summed E-state index contributed by atoms with van der Waals surface area (Å²) in [6, 6.07) is 4.84. The van der Waals surface area contributed by atoms with Crippen LogP contribution in [0, 0.1) is 5.92 Å². The van der Waals surface area contributed by atoms with E-state index in [9.17, 15) is 9.59 Å². The van der Waals surface area contributed by atoms with Gasteiger partial charge in [-0.05, 0) is 30.5 Å². The molecular formula is C15H19NO4. The number of amides is 1. The van der Waals surface area contributed by atoms with Crippen molar-refractivity contribution >= 4 is 11.9 Å². The first-order valence-corrected chi connectivity index (χ1v) is 6.79. The number of hydrogen-bond acceptors (Lipinski definition) is 3. The van der Waals surface area contributed by atoms with Gasteiger partial charge in [0.25, 0.3) is 0 Å². The van der Waals surface area contributed by atoms with Crippen molar-refractivity contribution in [3.63, 3.8) is 0 Å². The van der Waals surface area contributed by atoms with Gasteiger partial charge < -0.3 is 15.2 Å². The maximum absolute atomic E-state index is 11.9. The summed E-state index contributed by atoms with van der Waals surface area (Å²) in [7, 11) is 1.43. The van der Waals surface area contributed by atoms with E-state index in [0.29, 0.717) is 12.3 Å². The topological polar surface area (TPSA) is 75.6 Å².